The maximum absolute atomic E-state index is 5.82. The van der Waals surface area contributed by atoms with Gasteiger partial charge in [-0.25, -0.2) is 0 Å². The third-order valence-electron chi connectivity index (χ3n) is 1.48. The van der Waals surface area contributed by atoms with Crippen molar-refractivity contribution in [2.75, 3.05) is 6.61 Å². The lowest BCUT2D eigenvalue weighted by molar-refractivity contribution is 0.415. The Bertz CT molecular complexity index is 247. The fourth-order valence-corrected chi connectivity index (χ4v) is 1.12. The predicted molar refractivity (Wildman–Crippen MR) is 37.9 cm³/mol. The minimum absolute atomic E-state index is 0.232. The van der Waals surface area contributed by atoms with Crippen molar-refractivity contribution < 1.29 is 4.74 Å². The molecule has 0 radical (unpaired) electrons. The highest BCUT2D eigenvalue weighted by molar-refractivity contribution is 6.31. The summed E-state index contributed by atoms with van der Waals surface area (Å²) >= 11 is 5.82. The van der Waals surface area contributed by atoms with Crippen molar-refractivity contribution in [1.82, 2.24) is 4.98 Å². The molecule has 1 saturated heterocycles. The lowest BCUT2D eigenvalue weighted by Gasteiger charge is -1.95. The Balaban J connectivity index is 2.39. The van der Waals surface area contributed by atoms with Gasteiger partial charge in [-0.15, -0.1) is 0 Å². The van der Waals surface area contributed by atoms with Crippen LogP contribution in [0.3, 0.4) is 0 Å². The van der Waals surface area contributed by atoms with Crippen LogP contribution in [0.15, 0.2) is 18.5 Å². The Hall–Kier alpha value is -0.600. The topological polar surface area (TPSA) is 25.4 Å². The summed E-state index contributed by atoms with van der Waals surface area (Å²) < 4.78 is 5.06. The Labute approximate surface area is 63.8 Å². The molecule has 1 unspecified atom stereocenters. The third-order valence-corrected chi connectivity index (χ3v) is 1.80. The largest absolute Gasteiger partial charge is 0.368 e. The van der Waals surface area contributed by atoms with Crippen LogP contribution < -0.4 is 0 Å². The minimum atomic E-state index is 0.232. The van der Waals surface area contributed by atoms with E-state index in [9.17, 15) is 0 Å². The van der Waals surface area contributed by atoms with Crippen molar-refractivity contribution in [3.8, 4) is 0 Å². The van der Waals surface area contributed by atoms with Crippen LogP contribution in [0.2, 0.25) is 5.02 Å². The van der Waals surface area contributed by atoms with E-state index in [0.29, 0.717) is 5.02 Å². The molecule has 2 rings (SSSR count). The van der Waals surface area contributed by atoms with Gasteiger partial charge in [0.1, 0.15) is 6.10 Å². The van der Waals surface area contributed by atoms with Gasteiger partial charge in [0.05, 0.1) is 11.6 Å². The van der Waals surface area contributed by atoms with E-state index in [4.69, 9.17) is 16.3 Å². The number of epoxide rings is 1. The van der Waals surface area contributed by atoms with Crippen LogP contribution in [0.4, 0.5) is 0 Å². The first-order valence-electron chi connectivity index (χ1n) is 3.09. The van der Waals surface area contributed by atoms with Crippen LogP contribution in [-0.2, 0) is 4.74 Å². The Morgan fingerprint density at radius 3 is 3.10 bits per heavy atom. The lowest BCUT2D eigenvalue weighted by Crippen LogP contribution is -1.82. The van der Waals surface area contributed by atoms with Crippen LogP contribution in [0.25, 0.3) is 0 Å². The van der Waals surface area contributed by atoms with Gasteiger partial charge in [-0.1, -0.05) is 11.6 Å². The van der Waals surface area contributed by atoms with Gasteiger partial charge >= 0.3 is 0 Å². The van der Waals surface area contributed by atoms with Crippen LogP contribution in [0, 0.1) is 0 Å². The van der Waals surface area contributed by atoms with Gasteiger partial charge in [0.2, 0.25) is 0 Å². The van der Waals surface area contributed by atoms with Gasteiger partial charge in [-0.3, -0.25) is 4.98 Å². The number of ether oxygens (including phenoxy) is 1. The van der Waals surface area contributed by atoms with Crippen molar-refractivity contribution >= 4 is 11.6 Å². The summed E-state index contributed by atoms with van der Waals surface area (Å²) in [6.07, 6.45) is 3.59. The maximum Gasteiger partial charge on any atom is 0.108 e. The summed E-state index contributed by atoms with van der Waals surface area (Å²) in [5, 5.41) is 0.699. The summed E-state index contributed by atoms with van der Waals surface area (Å²) in [6, 6.07) is 1.89. The number of hydrogen-bond donors (Lipinski definition) is 0. The van der Waals surface area contributed by atoms with Crippen molar-refractivity contribution in [2.45, 2.75) is 6.10 Å². The molecule has 1 aromatic rings. The van der Waals surface area contributed by atoms with E-state index >= 15 is 0 Å². The van der Waals surface area contributed by atoms with Crippen molar-refractivity contribution in [2.24, 2.45) is 0 Å². The van der Waals surface area contributed by atoms with E-state index < -0.39 is 0 Å². The normalized spacial score (nSPS) is 22.7. The first-order valence-corrected chi connectivity index (χ1v) is 3.47. The Morgan fingerprint density at radius 1 is 1.70 bits per heavy atom. The quantitative estimate of drug-likeness (QED) is 0.578. The second kappa shape index (κ2) is 2.22. The summed E-state index contributed by atoms with van der Waals surface area (Å²) in [5.74, 6) is 0. The van der Waals surface area contributed by atoms with Crippen molar-refractivity contribution in [1.29, 1.82) is 0 Å². The first kappa shape index (κ1) is 6.13. The van der Waals surface area contributed by atoms with E-state index in [0.717, 1.165) is 12.2 Å². The molecular formula is C7H6ClNO. The van der Waals surface area contributed by atoms with Gasteiger partial charge in [0.25, 0.3) is 0 Å². The van der Waals surface area contributed by atoms with Gasteiger partial charge in [-0.2, -0.15) is 0 Å². The van der Waals surface area contributed by atoms with Crippen LogP contribution in [0.1, 0.15) is 11.7 Å². The molecule has 1 aliphatic rings. The average Bonchev–Trinajstić information content (AvgIpc) is 2.71. The third kappa shape index (κ3) is 1.00. The predicted octanol–water partition coefficient (Wildman–Crippen LogP) is 1.81. The van der Waals surface area contributed by atoms with E-state index in [1.165, 1.54) is 0 Å². The molecule has 1 aliphatic heterocycles. The molecule has 0 spiro atoms. The summed E-state index contributed by atoms with van der Waals surface area (Å²) in [4.78, 5) is 3.87. The summed E-state index contributed by atoms with van der Waals surface area (Å²) in [5.41, 5.74) is 1.05. The number of hydrogen-bond acceptors (Lipinski definition) is 2. The second-order valence-electron chi connectivity index (χ2n) is 2.22. The molecule has 2 nitrogen and oxygen atoms in total. The molecule has 0 aromatic carbocycles. The molecule has 0 N–H and O–H groups in total. The SMILES string of the molecule is Clc1cnccc1C1CO1. The summed E-state index contributed by atoms with van der Waals surface area (Å²) in [6.45, 7) is 0.795. The molecule has 1 aromatic heterocycles. The number of pyridine rings is 1. The van der Waals surface area contributed by atoms with E-state index in [1.807, 2.05) is 6.07 Å². The molecule has 3 heteroatoms. The molecule has 10 heavy (non-hydrogen) atoms. The van der Waals surface area contributed by atoms with Crippen LogP contribution >= 0.6 is 11.6 Å². The number of aromatic nitrogens is 1. The monoisotopic (exact) mass is 155 g/mol. The van der Waals surface area contributed by atoms with Crippen LogP contribution in [-0.4, -0.2) is 11.6 Å². The van der Waals surface area contributed by atoms with Crippen LogP contribution in [0.5, 0.6) is 0 Å². The zero-order chi connectivity index (χ0) is 6.97. The summed E-state index contributed by atoms with van der Waals surface area (Å²) in [7, 11) is 0. The van der Waals surface area contributed by atoms with Crippen molar-refractivity contribution in [3.05, 3.63) is 29.0 Å². The van der Waals surface area contributed by atoms with E-state index in [-0.39, 0.29) is 6.10 Å². The maximum atomic E-state index is 5.82. The number of halogens is 1. The lowest BCUT2D eigenvalue weighted by atomic mass is 10.2. The molecule has 1 fully saturated rings. The molecule has 1 atom stereocenters. The number of nitrogens with zero attached hydrogens (tertiary/aromatic N) is 1. The van der Waals surface area contributed by atoms with E-state index in [2.05, 4.69) is 4.98 Å². The first-order chi connectivity index (χ1) is 4.88. The van der Waals surface area contributed by atoms with Gasteiger partial charge < -0.3 is 4.74 Å². The van der Waals surface area contributed by atoms with Crippen molar-refractivity contribution in [3.63, 3.8) is 0 Å². The molecule has 52 valence electrons. The molecule has 0 saturated carbocycles. The molecule has 0 aliphatic carbocycles. The van der Waals surface area contributed by atoms with Gasteiger partial charge in [0, 0.05) is 18.0 Å². The fraction of sp³-hybridized carbons (Fsp3) is 0.286. The van der Waals surface area contributed by atoms with Gasteiger partial charge in [0.15, 0.2) is 0 Å². The zero-order valence-electron chi connectivity index (χ0n) is 5.25. The average molecular weight is 156 g/mol. The molecule has 0 amide bonds. The second-order valence-corrected chi connectivity index (χ2v) is 2.63. The fourth-order valence-electron chi connectivity index (χ4n) is 0.875. The highest BCUT2D eigenvalue weighted by atomic mass is 35.5. The Kier molecular flexibility index (Phi) is 1.36. The Morgan fingerprint density at radius 2 is 2.50 bits per heavy atom. The zero-order valence-corrected chi connectivity index (χ0v) is 6.01. The molecule has 2 heterocycles. The number of rotatable bonds is 1. The van der Waals surface area contributed by atoms with E-state index in [1.54, 1.807) is 12.4 Å². The smallest absolute Gasteiger partial charge is 0.108 e. The molecule has 0 bridgehead atoms. The highest BCUT2D eigenvalue weighted by Crippen LogP contribution is 2.33. The van der Waals surface area contributed by atoms with Gasteiger partial charge in [-0.05, 0) is 6.07 Å². The standard InChI is InChI=1S/C7H6ClNO/c8-6-3-9-2-1-5(6)7-4-10-7/h1-3,7H,4H2. The minimum Gasteiger partial charge on any atom is -0.368 e. The highest BCUT2D eigenvalue weighted by Gasteiger charge is 2.26. The molecular weight excluding hydrogens is 150 g/mol.